The minimum absolute atomic E-state index is 0.0178. The van der Waals surface area contributed by atoms with Gasteiger partial charge in [0, 0.05) is 25.7 Å². The fraction of sp³-hybridized carbons (Fsp3) is 0.588. The van der Waals surface area contributed by atoms with Crippen LogP contribution in [0.1, 0.15) is 39.2 Å². The van der Waals surface area contributed by atoms with Crippen LogP contribution in [0.4, 0.5) is 0 Å². The largest absolute Gasteiger partial charge is 0.501 e. The van der Waals surface area contributed by atoms with E-state index in [4.69, 9.17) is 19.0 Å². The predicted octanol–water partition coefficient (Wildman–Crippen LogP) is 2.91. The van der Waals surface area contributed by atoms with E-state index < -0.39 is 8.80 Å². The number of hydrogen-bond donors (Lipinski definition) is 1. The lowest BCUT2D eigenvalue weighted by Crippen LogP contribution is -2.48. The Labute approximate surface area is 140 Å². The summed E-state index contributed by atoms with van der Waals surface area (Å²) in [4.78, 5) is 11.0. The molecule has 0 saturated carbocycles. The van der Waals surface area contributed by atoms with Crippen molar-refractivity contribution in [2.75, 3.05) is 13.2 Å². The van der Waals surface area contributed by atoms with Crippen molar-refractivity contribution < 1.29 is 18.1 Å². The molecular formula is C17H29NO4Si. The predicted molar refractivity (Wildman–Crippen MR) is 92.9 cm³/mol. The standard InChI is InChI=1S/C17H29NO4Si/c1-4-20-23(21-5-2,13-9-12-17(18)19)22-15(3)14-16-10-7-6-8-11-16/h6-8,10-11,15H,4-5,9,12-14H2,1-3H3,(H2,18,19). The molecule has 1 aromatic carbocycles. The maximum absolute atomic E-state index is 11.0. The van der Waals surface area contributed by atoms with Gasteiger partial charge in [0.2, 0.25) is 5.91 Å². The highest BCUT2D eigenvalue weighted by atomic mass is 28.4. The Kier molecular flexibility index (Phi) is 9.09. The van der Waals surface area contributed by atoms with Crippen molar-refractivity contribution >= 4 is 14.7 Å². The average Bonchev–Trinajstić information content (AvgIpc) is 2.48. The van der Waals surface area contributed by atoms with Crippen LogP contribution in [-0.4, -0.2) is 34.0 Å². The normalized spacial score (nSPS) is 13.0. The Balaban J connectivity index is 2.70. The third kappa shape index (κ3) is 7.74. The number of hydrogen-bond acceptors (Lipinski definition) is 4. The van der Waals surface area contributed by atoms with E-state index in [-0.39, 0.29) is 12.0 Å². The number of carbonyl (C=O) groups excluding carboxylic acids is 1. The molecular weight excluding hydrogens is 310 g/mol. The summed E-state index contributed by atoms with van der Waals surface area (Å²) in [5, 5.41) is 0. The van der Waals surface area contributed by atoms with E-state index in [0.717, 1.165) is 6.42 Å². The number of carbonyl (C=O) groups is 1. The van der Waals surface area contributed by atoms with Gasteiger partial charge in [0.25, 0.3) is 0 Å². The number of primary amides is 1. The van der Waals surface area contributed by atoms with E-state index in [1.807, 2.05) is 39.0 Å². The molecule has 0 saturated heterocycles. The molecule has 0 radical (unpaired) electrons. The number of rotatable bonds is 12. The van der Waals surface area contributed by atoms with Gasteiger partial charge in [-0.2, -0.15) is 0 Å². The van der Waals surface area contributed by atoms with Gasteiger partial charge < -0.3 is 19.0 Å². The Morgan fingerprint density at radius 1 is 1.17 bits per heavy atom. The van der Waals surface area contributed by atoms with E-state index in [9.17, 15) is 4.79 Å². The highest BCUT2D eigenvalue weighted by Gasteiger charge is 2.41. The summed E-state index contributed by atoms with van der Waals surface area (Å²) in [5.41, 5.74) is 6.44. The first kappa shape index (κ1) is 19.8. The molecule has 0 aliphatic carbocycles. The molecule has 0 aliphatic heterocycles. The molecule has 1 atom stereocenters. The number of benzene rings is 1. The summed E-state index contributed by atoms with van der Waals surface area (Å²) in [6.45, 7) is 6.95. The smallest absolute Gasteiger partial charge is 0.374 e. The summed E-state index contributed by atoms with van der Waals surface area (Å²) in [5.74, 6) is -0.307. The van der Waals surface area contributed by atoms with Crippen LogP contribution in [0, 0.1) is 0 Å². The molecule has 0 bridgehead atoms. The highest BCUT2D eigenvalue weighted by Crippen LogP contribution is 2.22. The molecule has 1 unspecified atom stereocenters. The lowest BCUT2D eigenvalue weighted by Gasteiger charge is -2.31. The zero-order chi connectivity index (χ0) is 17.1. The zero-order valence-corrected chi connectivity index (χ0v) is 15.4. The van der Waals surface area contributed by atoms with Crippen LogP contribution < -0.4 is 5.73 Å². The molecule has 0 fully saturated rings. The van der Waals surface area contributed by atoms with Crippen LogP contribution in [0.2, 0.25) is 6.04 Å². The zero-order valence-electron chi connectivity index (χ0n) is 14.4. The maximum atomic E-state index is 11.0. The second kappa shape index (κ2) is 10.5. The van der Waals surface area contributed by atoms with Crippen molar-refractivity contribution in [1.82, 2.24) is 0 Å². The van der Waals surface area contributed by atoms with Crippen molar-refractivity contribution in [3.05, 3.63) is 35.9 Å². The van der Waals surface area contributed by atoms with Gasteiger partial charge in [0.1, 0.15) is 0 Å². The van der Waals surface area contributed by atoms with Crippen LogP contribution in [0.25, 0.3) is 0 Å². The van der Waals surface area contributed by atoms with E-state index >= 15 is 0 Å². The minimum Gasteiger partial charge on any atom is -0.374 e. The van der Waals surface area contributed by atoms with Crippen molar-refractivity contribution in [3.8, 4) is 0 Å². The second-order valence-corrected chi connectivity index (χ2v) is 8.17. The minimum atomic E-state index is -2.79. The number of nitrogens with two attached hydrogens (primary N) is 1. The van der Waals surface area contributed by atoms with Crippen LogP contribution in [-0.2, 0) is 24.5 Å². The van der Waals surface area contributed by atoms with E-state index in [1.54, 1.807) is 0 Å². The Morgan fingerprint density at radius 2 is 1.78 bits per heavy atom. The van der Waals surface area contributed by atoms with Crippen LogP contribution in [0.3, 0.4) is 0 Å². The van der Waals surface area contributed by atoms with Crippen molar-refractivity contribution in [1.29, 1.82) is 0 Å². The molecule has 23 heavy (non-hydrogen) atoms. The first-order valence-electron chi connectivity index (χ1n) is 8.29. The Bertz CT molecular complexity index is 449. The molecule has 5 nitrogen and oxygen atoms in total. The lowest BCUT2D eigenvalue weighted by atomic mass is 10.1. The molecule has 1 rings (SSSR count). The fourth-order valence-corrected chi connectivity index (χ4v) is 5.34. The topological polar surface area (TPSA) is 70.8 Å². The molecule has 1 amide bonds. The molecule has 130 valence electrons. The van der Waals surface area contributed by atoms with Gasteiger partial charge in [-0.15, -0.1) is 0 Å². The summed E-state index contributed by atoms with van der Waals surface area (Å²) < 4.78 is 18.1. The molecule has 0 aromatic heterocycles. The summed E-state index contributed by atoms with van der Waals surface area (Å²) in [6, 6.07) is 10.8. The van der Waals surface area contributed by atoms with Crippen LogP contribution in [0.5, 0.6) is 0 Å². The quantitative estimate of drug-likeness (QED) is 0.594. The second-order valence-electron chi connectivity index (χ2n) is 5.49. The van der Waals surface area contributed by atoms with E-state index in [0.29, 0.717) is 32.1 Å². The average molecular weight is 340 g/mol. The van der Waals surface area contributed by atoms with E-state index in [2.05, 4.69) is 12.1 Å². The third-order valence-corrected chi connectivity index (χ3v) is 6.57. The third-order valence-electron chi connectivity index (χ3n) is 3.38. The maximum Gasteiger partial charge on any atom is 0.501 e. The first-order chi connectivity index (χ1) is 11.0. The molecule has 0 heterocycles. The van der Waals surface area contributed by atoms with Crippen molar-refractivity contribution in [3.63, 3.8) is 0 Å². The van der Waals surface area contributed by atoms with Gasteiger partial charge in [-0.1, -0.05) is 30.3 Å². The summed E-state index contributed by atoms with van der Waals surface area (Å²) >= 11 is 0. The van der Waals surface area contributed by atoms with Crippen molar-refractivity contribution in [2.24, 2.45) is 5.73 Å². The molecule has 0 aliphatic rings. The Hall–Kier alpha value is -1.21. The van der Waals surface area contributed by atoms with Gasteiger partial charge in [-0.3, -0.25) is 4.79 Å². The van der Waals surface area contributed by atoms with Crippen LogP contribution >= 0.6 is 0 Å². The van der Waals surface area contributed by atoms with Gasteiger partial charge in [-0.05, 0) is 39.2 Å². The molecule has 0 spiro atoms. The van der Waals surface area contributed by atoms with Crippen LogP contribution in [0.15, 0.2) is 30.3 Å². The highest BCUT2D eigenvalue weighted by molar-refractivity contribution is 6.60. The summed E-state index contributed by atoms with van der Waals surface area (Å²) in [6.07, 6.45) is 1.73. The molecule has 2 N–H and O–H groups in total. The SMILES string of the molecule is CCO[Si](CCCC(N)=O)(OCC)OC(C)Cc1ccccc1. The number of amides is 1. The van der Waals surface area contributed by atoms with Gasteiger partial charge in [-0.25, -0.2) is 0 Å². The molecule has 6 heteroatoms. The van der Waals surface area contributed by atoms with Gasteiger partial charge >= 0.3 is 8.80 Å². The van der Waals surface area contributed by atoms with E-state index in [1.165, 1.54) is 5.56 Å². The van der Waals surface area contributed by atoms with Gasteiger partial charge in [0.05, 0.1) is 6.10 Å². The van der Waals surface area contributed by atoms with Gasteiger partial charge in [0.15, 0.2) is 0 Å². The first-order valence-corrected chi connectivity index (χ1v) is 10.2. The molecule has 1 aromatic rings. The Morgan fingerprint density at radius 3 is 2.30 bits per heavy atom. The lowest BCUT2D eigenvalue weighted by molar-refractivity contribution is -0.118. The summed E-state index contributed by atoms with van der Waals surface area (Å²) in [7, 11) is -2.79. The van der Waals surface area contributed by atoms with Crippen molar-refractivity contribution in [2.45, 2.75) is 52.2 Å². The monoisotopic (exact) mass is 339 g/mol. The fourth-order valence-electron chi connectivity index (χ4n) is 2.53.